The topological polar surface area (TPSA) is 72.5 Å². The standard InChI is InChI=1S/C22H23N3O3/c1-14-6-5-7-15(2)21(14)25-22(26)16-8-11-20(23-13-16)24-18-12-17(27-3)9-10-19(18)28-4/h5-13H,1-4H3,(H,23,24)(H,25,26). The van der Waals surface area contributed by atoms with Gasteiger partial charge in [0.25, 0.3) is 5.91 Å². The van der Waals surface area contributed by atoms with Gasteiger partial charge in [-0.2, -0.15) is 0 Å². The van der Waals surface area contributed by atoms with Gasteiger partial charge in [0.15, 0.2) is 0 Å². The number of methoxy groups -OCH3 is 2. The predicted molar refractivity (Wildman–Crippen MR) is 111 cm³/mol. The van der Waals surface area contributed by atoms with E-state index in [1.54, 1.807) is 26.4 Å². The molecule has 0 unspecified atom stereocenters. The average Bonchev–Trinajstić information content (AvgIpc) is 2.71. The van der Waals surface area contributed by atoms with E-state index < -0.39 is 0 Å². The molecule has 0 aliphatic heterocycles. The molecule has 2 N–H and O–H groups in total. The first-order valence-electron chi connectivity index (χ1n) is 8.84. The number of rotatable bonds is 6. The van der Waals surface area contributed by atoms with Gasteiger partial charge >= 0.3 is 0 Å². The fourth-order valence-electron chi connectivity index (χ4n) is 2.85. The lowest BCUT2D eigenvalue weighted by Gasteiger charge is -2.13. The maximum absolute atomic E-state index is 12.6. The number of nitrogens with zero attached hydrogens (tertiary/aromatic N) is 1. The first-order chi connectivity index (χ1) is 13.5. The number of para-hydroxylation sites is 1. The first-order valence-corrected chi connectivity index (χ1v) is 8.84. The van der Waals surface area contributed by atoms with Crippen LogP contribution in [-0.2, 0) is 0 Å². The van der Waals surface area contributed by atoms with Crippen LogP contribution in [0.25, 0.3) is 0 Å². The number of hydrogen-bond donors (Lipinski definition) is 2. The number of carbonyl (C=O) groups is 1. The van der Waals surface area contributed by atoms with Gasteiger partial charge in [-0.15, -0.1) is 0 Å². The Morgan fingerprint density at radius 2 is 1.71 bits per heavy atom. The highest BCUT2D eigenvalue weighted by Crippen LogP contribution is 2.31. The number of pyridine rings is 1. The summed E-state index contributed by atoms with van der Waals surface area (Å²) in [5.74, 6) is 1.76. The molecule has 1 heterocycles. The van der Waals surface area contributed by atoms with Crippen molar-refractivity contribution < 1.29 is 14.3 Å². The Bertz CT molecular complexity index is 965. The molecule has 0 spiro atoms. The van der Waals surface area contributed by atoms with Gasteiger partial charge < -0.3 is 20.1 Å². The van der Waals surface area contributed by atoms with E-state index >= 15 is 0 Å². The summed E-state index contributed by atoms with van der Waals surface area (Å²) in [5, 5.41) is 6.15. The molecule has 0 saturated carbocycles. The number of benzene rings is 2. The van der Waals surface area contributed by atoms with Crippen molar-refractivity contribution in [3.05, 3.63) is 71.4 Å². The number of hydrogen-bond acceptors (Lipinski definition) is 5. The van der Waals surface area contributed by atoms with Crippen LogP contribution in [0.1, 0.15) is 21.5 Å². The predicted octanol–water partition coefficient (Wildman–Crippen LogP) is 4.71. The molecule has 28 heavy (non-hydrogen) atoms. The Kier molecular flexibility index (Phi) is 5.79. The third kappa shape index (κ3) is 4.23. The zero-order valence-electron chi connectivity index (χ0n) is 16.4. The molecule has 1 aromatic heterocycles. The van der Waals surface area contributed by atoms with E-state index in [1.165, 1.54) is 6.20 Å². The van der Waals surface area contributed by atoms with Gasteiger partial charge in [-0.1, -0.05) is 18.2 Å². The van der Waals surface area contributed by atoms with Crippen molar-refractivity contribution in [1.82, 2.24) is 4.98 Å². The molecule has 6 nitrogen and oxygen atoms in total. The van der Waals surface area contributed by atoms with Crippen molar-refractivity contribution in [2.24, 2.45) is 0 Å². The van der Waals surface area contributed by atoms with Crippen LogP contribution in [0.3, 0.4) is 0 Å². The Morgan fingerprint density at radius 1 is 0.964 bits per heavy atom. The fraction of sp³-hybridized carbons (Fsp3) is 0.182. The molecular weight excluding hydrogens is 354 g/mol. The normalized spacial score (nSPS) is 10.3. The number of aryl methyl sites for hydroxylation is 2. The monoisotopic (exact) mass is 377 g/mol. The van der Waals surface area contributed by atoms with E-state index in [0.29, 0.717) is 22.9 Å². The van der Waals surface area contributed by atoms with Gasteiger partial charge in [-0.05, 0) is 49.2 Å². The van der Waals surface area contributed by atoms with Gasteiger partial charge in [0.2, 0.25) is 0 Å². The van der Waals surface area contributed by atoms with E-state index in [0.717, 1.165) is 22.5 Å². The second-order valence-electron chi connectivity index (χ2n) is 6.34. The van der Waals surface area contributed by atoms with Crippen molar-refractivity contribution in [2.75, 3.05) is 24.9 Å². The van der Waals surface area contributed by atoms with Crippen LogP contribution < -0.4 is 20.1 Å². The lowest BCUT2D eigenvalue weighted by Crippen LogP contribution is -2.14. The average molecular weight is 377 g/mol. The van der Waals surface area contributed by atoms with Gasteiger partial charge in [0.1, 0.15) is 17.3 Å². The number of amides is 1. The van der Waals surface area contributed by atoms with E-state index in [1.807, 2.05) is 50.2 Å². The number of aromatic nitrogens is 1. The number of carbonyl (C=O) groups excluding carboxylic acids is 1. The molecule has 0 aliphatic rings. The lowest BCUT2D eigenvalue weighted by atomic mass is 10.1. The van der Waals surface area contributed by atoms with E-state index in [2.05, 4.69) is 15.6 Å². The van der Waals surface area contributed by atoms with Crippen molar-refractivity contribution in [3.63, 3.8) is 0 Å². The molecule has 0 radical (unpaired) electrons. The largest absolute Gasteiger partial charge is 0.497 e. The van der Waals surface area contributed by atoms with Crippen LogP contribution in [-0.4, -0.2) is 25.1 Å². The van der Waals surface area contributed by atoms with Crippen molar-refractivity contribution in [1.29, 1.82) is 0 Å². The van der Waals surface area contributed by atoms with E-state index in [-0.39, 0.29) is 5.91 Å². The summed E-state index contributed by atoms with van der Waals surface area (Å²) in [6.07, 6.45) is 1.54. The SMILES string of the molecule is COc1ccc(OC)c(Nc2ccc(C(=O)Nc3c(C)cccc3C)cn2)c1. The zero-order valence-corrected chi connectivity index (χ0v) is 16.4. The second kappa shape index (κ2) is 8.43. The highest BCUT2D eigenvalue weighted by Gasteiger charge is 2.11. The molecule has 0 fully saturated rings. The third-order valence-electron chi connectivity index (χ3n) is 4.41. The van der Waals surface area contributed by atoms with Crippen LogP contribution in [0.15, 0.2) is 54.7 Å². The Balaban J connectivity index is 1.76. The van der Waals surface area contributed by atoms with Crippen LogP contribution in [0.2, 0.25) is 0 Å². The number of ether oxygens (including phenoxy) is 2. The van der Waals surface area contributed by atoms with Crippen molar-refractivity contribution in [3.8, 4) is 11.5 Å². The second-order valence-corrected chi connectivity index (χ2v) is 6.34. The lowest BCUT2D eigenvalue weighted by molar-refractivity contribution is 0.102. The van der Waals surface area contributed by atoms with Gasteiger partial charge in [0, 0.05) is 18.0 Å². The minimum Gasteiger partial charge on any atom is -0.497 e. The van der Waals surface area contributed by atoms with Gasteiger partial charge in [-0.3, -0.25) is 4.79 Å². The van der Waals surface area contributed by atoms with Crippen LogP contribution in [0.5, 0.6) is 11.5 Å². The summed E-state index contributed by atoms with van der Waals surface area (Å²) >= 11 is 0. The maximum atomic E-state index is 12.6. The minimum absolute atomic E-state index is 0.199. The molecule has 3 rings (SSSR count). The number of anilines is 3. The Morgan fingerprint density at radius 3 is 2.32 bits per heavy atom. The van der Waals surface area contributed by atoms with Crippen LogP contribution >= 0.6 is 0 Å². The zero-order chi connectivity index (χ0) is 20.1. The molecule has 0 bridgehead atoms. The Labute approximate surface area is 164 Å². The summed E-state index contributed by atoms with van der Waals surface area (Å²) < 4.78 is 10.6. The van der Waals surface area contributed by atoms with Crippen LogP contribution in [0.4, 0.5) is 17.2 Å². The Hall–Kier alpha value is -3.54. The van der Waals surface area contributed by atoms with E-state index in [4.69, 9.17) is 9.47 Å². The van der Waals surface area contributed by atoms with Crippen molar-refractivity contribution >= 4 is 23.1 Å². The molecule has 1 amide bonds. The molecule has 0 saturated heterocycles. The maximum Gasteiger partial charge on any atom is 0.257 e. The molecule has 144 valence electrons. The van der Waals surface area contributed by atoms with Crippen molar-refractivity contribution in [2.45, 2.75) is 13.8 Å². The van der Waals surface area contributed by atoms with Crippen LogP contribution in [0, 0.1) is 13.8 Å². The number of nitrogens with one attached hydrogen (secondary N) is 2. The summed E-state index contributed by atoms with van der Waals surface area (Å²) in [7, 11) is 3.20. The molecule has 6 heteroatoms. The minimum atomic E-state index is -0.199. The quantitative estimate of drug-likeness (QED) is 0.651. The summed E-state index contributed by atoms with van der Waals surface area (Å²) in [4.78, 5) is 16.9. The molecule has 2 aromatic carbocycles. The first kappa shape index (κ1) is 19.2. The molecule has 3 aromatic rings. The fourth-order valence-corrected chi connectivity index (χ4v) is 2.85. The smallest absolute Gasteiger partial charge is 0.257 e. The highest BCUT2D eigenvalue weighted by molar-refractivity contribution is 6.05. The summed E-state index contributed by atoms with van der Waals surface area (Å²) in [5.41, 5.74) is 4.07. The van der Waals surface area contributed by atoms with Gasteiger partial charge in [-0.25, -0.2) is 4.98 Å². The molecular formula is C22H23N3O3. The molecule has 0 aliphatic carbocycles. The van der Waals surface area contributed by atoms with Gasteiger partial charge in [0.05, 0.1) is 25.5 Å². The third-order valence-corrected chi connectivity index (χ3v) is 4.41. The summed E-state index contributed by atoms with van der Waals surface area (Å²) in [6, 6.07) is 14.8. The molecule has 0 atom stereocenters. The van der Waals surface area contributed by atoms with E-state index in [9.17, 15) is 4.79 Å². The highest BCUT2D eigenvalue weighted by atomic mass is 16.5. The summed E-state index contributed by atoms with van der Waals surface area (Å²) in [6.45, 7) is 3.94.